The molecule has 1 nitrogen and oxygen atoms in total. The van der Waals surface area contributed by atoms with Gasteiger partial charge in [-0.1, -0.05) is 33.6 Å². The van der Waals surface area contributed by atoms with E-state index >= 15 is 0 Å². The molecule has 3 atom stereocenters. The highest BCUT2D eigenvalue weighted by molar-refractivity contribution is 7.99. The molecule has 1 saturated heterocycles. The van der Waals surface area contributed by atoms with Gasteiger partial charge in [0.25, 0.3) is 0 Å². The van der Waals surface area contributed by atoms with Crippen molar-refractivity contribution in [3.05, 3.63) is 0 Å². The minimum Gasteiger partial charge on any atom is -0.310 e. The van der Waals surface area contributed by atoms with Gasteiger partial charge in [0.15, 0.2) is 0 Å². The summed E-state index contributed by atoms with van der Waals surface area (Å²) in [5, 5.41) is 3.99. The van der Waals surface area contributed by atoms with Crippen LogP contribution < -0.4 is 5.32 Å². The molecule has 1 aliphatic heterocycles. The van der Waals surface area contributed by atoms with Crippen molar-refractivity contribution in [3.63, 3.8) is 0 Å². The number of nitrogens with one attached hydrogen (secondary N) is 1. The molecule has 1 aliphatic carbocycles. The van der Waals surface area contributed by atoms with Crippen molar-refractivity contribution in [2.45, 2.75) is 71.4 Å². The molecule has 0 amide bonds. The normalized spacial score (nSPS) is 35.8. The van der Waals surface area contributed by atoms with Crippen molar-refractivity contribution in [2.75, 3.05) is 11.5 Å². The first kappa shape index (κ1) is 13.7. The first-order chi connectivity index (χ1) is 8.07. The Bertz CT molecular complexity index is 228. The molecule has 0 aromatic carbocycles. The van der Waals surface area contributed by atoms with E-state index in [9.17, 15) is 0 Å². The van der Waals surface area contributed by atoms with Crippen LogP contribution in [0.25, 0.3) is 0 Å². The molecule has 1 saturated carbocycles. The zero-order chi connectivity index (χ0) is 12.3. The van der Waals surface area contributed by atoms with E-state index in [0.717, 1.165) is 18.0 Å². The maximum Gasteiger partial charge on any atom is 0.0161 e. The molecule has 2 aliphatic rings. The summed E-state index contributed by atoms with van der Waals surface area (Å²) in [4.78, 5) is 0. The molecule has 100 valence electrons. The molecular weight excluding hydrogens is 226 g/mol. The van der Waals surface area contributed by atoms with Crippen LogP contribution in [0.15, 0.2) is 0 Å². The lowest BCUT2D eigenvalue weighted by molar-refractivity contribution is 0.123. The van der Waals surface area contributed by atoms with Crippen molar-refractivity contribution >= 4 is 11.8 Å². The van der Waals surface area contributed by atoms with Gasteiger partial charge in [0.2, 0.25) is 0 Å². The lowest BCUT2D eigenvalue weighted by Crippen LogP contribution is -2.49. The van der Waals surface area contributed by atoms with Gasteiger partial charge in [0.05, 0.1) is 0 Å². The standard InChI is InChI=1S/C15H29NS/c1-15(2,3)13-8-4-5-9-14(13)16-12-7-6-10-17-11-12/h12-14,16H,4-11H2,1-3H3. The van der Waals surface area contributed by atoms with Gasteiger partial charge in [-0.15, -0.1) is 0 Å². The van der Waals surface area contributed by atoms with Gasteiger partial charge in [-0.2, -0.15) is 11.8 Å². The lowest BCUT2D eigenvalue weighted by Gasteiger charge is -2.43. The van der Waals surface area contributed by atoms with E-state index < -0.39 is 0 Å². The van der Waals surface area contributed by atoms with Crippen LogP contribution in [0, 0.1) is 11.3 Å². The van der Waals surface area contributed by atoms with Crippen LogP contribution in [0.1, 0.15) is 59.3 Å². The average molecular weight is 255 g/mol. The Balaban J connectivity index is 1.91. The summed E-state index contributed by atoms with van der Waals surface area (Å²) in [6, 6.07) is 1.58. The SMILES string of the molecule is CC(C)(C)C1CCCCC1NC1CCCSC1. The third kappa shape index (κ3) is 3.89. The molecule has 0 aromatic heterocycles. The first-order valence-electron chi connectivity index (χ1n) is 7.41. The Morgan fingerprint density at radius 1 is 1.00 bits per heavy atom. The minimum atomic E-state index is 0.472. The number of hydrogen-bond donors (Lipinski definition) is 1. The summed E-state index contributed by atoms with van der Waals surface area (Å²) < 4.78 is 0. The van der Waals surface area contributed by atoms with E-state index in [1.807, 2.05) is 0 Å². The van der Waals surface area contributed by atoms with Crippen LogP contribution in [-0.2, 0) is 0 Å². The summed E-state index contributed by atoms with van der Waals surface area (Å²) in [6.07, 6.45) is 8.53. The molecule has 0 aromatic rings. The largest absolute Gasteiger partial charge is 0.310 e. The summed E-state index contributed by atoms with van der Waals surface area (Å²) in [5.41, 5.74) is 0.472. The predicted molar refractivity (Wildman–Crippen MR) is 78.7 cm³/mol. The Morgan fingerprint density at radius 3 is 2.41 bits per heavy atom. The molecule has 0 spiro atoms. The van der Waals surface area contributed by atoms with Gasteiger partial charge in [-0.25, -0.2) is 0 Å². The van der Waals surface area contributed by atoms with E-state index in [1.54, 1.807) is 0 Å². The molecular formula is C15H29NS. The molecule has 0 radical (unpaired) electrons. The van der Waals surface area contributed by atoms with Gasteiger partial charge in [-0.3, -0.25) is 0 Å². The second kappa shape index (κ2) is 5.97. The second-order valence-corrected chi connectivity index (χ2v) is 8.09. The van der Waals surface area contributed by atoms with Gasteiger partial charge in [0.1, 0.15) is 0 Å². The topological polar surface area (TPSA) is 12.0 Å². The molecule has 3 unspecified atom stereocenters. The molecule has 2 rings (SSSR count). The van der Waals surface area contributed by atoms with E-state index in [1.165, 1.54) is 50.0 Å². The van der Waals surface area contributed by atoms with Crippen LogP contribution >= 0.6 is 11.8 Å². The summed E-state index contributed by atoms with van der Waals surface area (Å²) >= 11 is 2.14. The van der Waals surface area contributed by atoms with Crippen molar-refractivity contribution in [1.29, 1.82) is 0 Å². The van der Waals surface area contributed by atoms with E-state index in [4.69, 9.17) is 0 Å². The van der Waals surface area contributed by atoms with Gasteiger partial charge < -0.3 is 5.32 Å². The third-order valence-electron chi connectivity index (χ3n) is 4.49. The van der Waals surface area contributed by atoms with Crippen molar-refractivity contribution in [1.82, 2.24) is 5.32 Å². The van der Waals surface area contributed by atoms with Crippen LogP contribution in [0.5, 0.6) is 0 Å². The van der Waals surface area contributed by atoms with Gasteiger partial charge in [-0.05, 0) is 42.8 Å². The monoisotopic (exact) mass is 255 g/mol. The molecule has 1 heterocycles. The fourth-order valence-corrected chi connectivity index (χ4v) is 4.63. The van der Waals surface area contributed by atoms with E-state index in [-0.39, 0.29) is 0 Å². The molecule has 0 bridgehead atoms. The second-order valence-electron chi connectivity index (χ2n) is 6.94. The van der Waals surface area contributed by atoms with Crippen LogP contribution in [0.3, 0.4) is 0 Å². The lowest BCUT2D eigenvalue weighted by atomic mass is 9.69. The predicted octanol–water partition coefficient (Wildman–Crippen LogP) is 4.08. The molecule has 1 N–H and O–H groups in total. The maximum absolute atomic E-state index is 3.99. The molecule has 2 fully saturated rings. The zero-order valence-corrected chi connectivity index (χ0v) is 12.6. The smallest absolute Gasteiger partial charge is 0.0161 e. The van der Waals surface area contributed by atoms with Crippen molar-refractivity contribution < 1.29 is 0 Å². The van der Waals surface area contributed by atoms with Gasteiger partial charge >= 0.3 is 0 Å². The maximum atomic E-state index is 3.99. The van der Waals surface area contributed by atoms with Crippen molar-refractivity contribution in [2.24, 2.45) is 11.3 Å². The number of thioether (sulfide) groups is 1. The third-order valence-corrected chi connectivity index (χ3v) is 5.70. The Morgan fingerprint density at radius 2 is 1.76 bits per heavy atom. The Hall–Kier alpha value is 0.310. The highest BCUT2D eigenvalue weighted by Crippen LogP contribution is 2.38. The molecule has 17 heavy (non-hydrogen) atoms. The summed E-state index contributed by atoms with van der Waals surface area (Å²) in [7, 11) is 0. The molecule has 2 heteroatoms. The van der Waals surface area contributed by atoms with E-state index in [2.05, 4.69) is 37.8 Å². The van der Waals surface area contributed by atoms with E-state index in [0.29, 0.717) is 5.41 Å². The number of rotatable bonds is 2. The quantitative estimate of drug-likeness (QED) is 0.798. The summed E-state index contributed by atoms with van der Waals surface area (Å²) in [5.74, 6) is 3.60. The highest BCUT2D eigenvalue weighted by Gasteiger charge is 2.35. The highest BCUT2D eigenvalue weighted by atomic mass is 32.2. The Labute approximate surface area is 112 Å². The van der Waals surface area contributed by atoms with Crippen LogP contribution in [0.2, 0.25) is 0 Å². The fraction of sp³-hybridized carbons (Fsp3) is 1.00. The summed E-state index contributed by atoms with van der Waals surface area (Å²) in [6.45, 7) is 7.27. The number of hydrogen-bond acceptors (Lipinski definition) is 2. The van der Waals surface area contributed by atoms with Crippen molar-refractivity contribution in [3.8, 4) is 0 Å². The average Bonchev–Trinajstić information content (AvgIpc) is 2.30. The van der Waals surface area contributed by atoms with Gasteiger partial charge in [0, 0.05) is 17.8 Å². The first-order valence-corrected chi connectivity index (χ1v) is 8.56. The Kier molecular flexibility index (Phi) is 4.82. The zero-order valence-electron chi connectivity index (χ0n) is 11.8. The van der Waals surface area contributed by atoms with Crippen LogP contribution in [-0.4, -0.2) is 23.6 Å². The minimum absolute atomic E-state index is 0.472. The van der Waals surface area contributed by atoms with Crippen LogP contribution in [0.4, 0.5) is 0 Å². The fourth-order valence-electron chi connectivity index (χ4n) is 3.54.